The van der Waals surface area contributed by atoms with Gasteiger partial charge in [0.15, 0.2) is 0 Å². The van der Waals surface area contributed by atoms with Crippen LogP contribution in [0.15, 0.2) is 41.5 Å². The first-order valence-electron chi connectivity index (χ1n) is 10.1. The number of amides is 1. The molecule has 160 valence electrons. The van der Waals surface area contributed by atoms with Crippen LogP contribution in [0.25, 0.3) is 11.4 Å². The highest BCUT2D eigenvalue weighted by Crippen LogP contribution is 2.24. The van der Waals surface area contributed by atoms with E-state index in [1.807, 2.05) is 19.1 Å². The second-order valence-electron chi connectivity index (χ2n) is 7.67. The average Bonchev–Trinajstić information content (AvgIpc) is 2.79. The summed E-state index contributed by atoms with van der Waals surface area (Å²) in [7, 11) is 0. The molecule has 9 heteroatoms. The van der Waals surface area contributed by atoms with Crippen molar-refractivity contribution in [3.05, 3.63) is 63.3 Å². The zero-order valence-corrected chi connectivity index (χ0v) is 18.1. The average molecular weight is 439 g/mol. The third-order valence-electron chi connectivity index (χ3n) is 5.51. The van der Waals surface area contributed by atoms with Gasteiger partial charge in [-0.2, -0.15) is 0 Å². The van der Waals surface area contributed by atoms with E-state index in [4.69, 9.17) is 11.6 Å². The molecule has 1 unspecified atom stereocenters. The lowest BCUT2D eigenvalue weighted by molar-refractivity contribution is -0.120. The minimum absolute atomic E-state index is 0.0620. The number of piperidine rings is 1. The fourth-order valence-electron chi connectivity index (χ4n) is 3.57. The van der Waals surface area contributed by atoms with Gasteiger partial charge < -0.3 is 15.2 Å². The quantitative estimate of drug-likeness (QED) is 0.647. The zero-order valence-electron chi connectivity index (χ0n) is 17.4. The van der Waals surface area contributed by atoms with Crippen LogP contribution in [0, 0.1) is 19.8 Å². The second-order valence-corrected chi connectivity index (χ2v) is 8.10. The molecular weight excluding hydrogens is 416 g/mol. The summed E-state index contributed by atoms with van der Waals surface area (Å²) in [4.78, 5) is 42.7. The van der Waals surface area contributed by atoms with Gasteiger partial charge in [0.05, 0.1) is 10.9 Å². The molecule has 31 heavy (non-hydrogen) atoms. The van der Waals surface area contributed by atoms with Crippen LogP contribution in [0.5, 0.6) is 0 Å². The van der Waals surface area contributed by atoms with E-state index in [1.165, 1.54) is 6.20 Å². The SMILES string of the molecule is Cc1nc(-c2ccc(N3CCCC(C(=O)Nc4ccc(Cl)cn4)C3)nc2)[nH]c(=O)c1C. The van der Waals surface area contributed by atoms with Gasteiger partial charge in [0.25, 0.3) is 5.56 Å². The topological polar surface area (TPSA) is 104 Å². The highest BCUT2D eigenvalue weighted by molar-refractivity contribution is 6.30. The number of nitrogens with zero attached hydrogens (tertiary/aromatic N) is 4. The molecular formula is C22H23ClN6O2. The lowest BCUT2D eigenvalue weighted by atomic mass is 9.97. The summed E-state index contributed by atoms with van der Waals surface area (Å²) in [5.41, 5.74) is 1.90. The molecule has 0 aromatic carbocycles. The van der Waals surface area contributed by atoms with Gasteiger partial charge in [-0.15, -0.1) is 0 Å². The molecule has 0 bridgehead atoms. The first-order chi connectivity index (χ1) is 14.9. The molecule has 0 saturated carbocycles. The van der Waals surface area contributed by atoms with Crippen LogP contribution in [-0.2, 0) is 4.79 Å². The van der Waals surface area contributed by atoms with Crippen molar-refractivity contribution in [3.63, 3.8) is 0 Å². The van der Waals surface area contributed by atoms with Crippen molar-refractivity contribution in [2.45, 2.75) is 26.7 Å². The fourth-order valence-corrected chi connectivity index (χ4v) is 3.68. The Balaban J connectivity index is 1.45. The van der Waals surface area contributed by atoms with Crippen molar-refractivity contribution in [3.8, 4) is 11.4 Å². The number of halogens is 1. The second kappa shape index (κ2) is 8.85. The van der Waals surface area contributed by atoms with E-state index in [1.54, 1.807) is 25.3 Å². The summed E-state index contributed by atoms with van der Waals surface area (Å²) in [5.74, 6) is 1.55. The number of hydrogen-bond acceptors (Lipinski definition) is 6. The number of pyridine rings is 2. The summed E-state index contributed by atoms with van der Waals surface area (Å²) in [6, 6.07) is 7.16. The van der Waals surface area contributed by atoms with Crippen molar-refractivity contribution >= 4 is 29.1 Å². The molecule has 0 radical (unpaired) electrons. The van der Waals surface area contributed by atoms with Crippen LogP contribution in [0.2, 0.25) is 5.02 Å². The maximum atomic E-state index is 12.7. The highest BCUT2D eigenvalue weighted by atomic mass is 35.5. The monoisotopic (exact) mass is 438 g/mol. The Hall–Kier alpha value is -3.26. The van der Waals surface area contributed by atoms with E-state index < -0.39 is 0 Å². The van der Waals surface area contributed by atoms with Gasteiger partial charge in [-0.3, -0.25) is 9.59 Å². The van der Waals surface area contributed by atoms with Gasteiger partial charge >= 0.3 is 0 Å². The van der Waals surface area contributed by atoms with Crippen LogP contribution in [0.3, 0.4) is 0 Å². The Bertz CT molecular complexity index is 1140. The van der Waals surface area contributed by atoms with E-state index in [0.717, 1.165) is 30.8 Å². The smallest absolute Gasteiger partial charge is 0.254 e. The van der Waals surface area contributed by atoms with Gasteiger partial charge in [-0.25, -0.2) is 15.0 Å². The molecule has 8 nitrogen and oxygen atoms in total. The number of rotatable bonds is 4. The van der Waals surface area contributed by atoms with Crippen molar-refractivity contribution in [2.75, 3.05) is 23.3 Å². The van der Waals surface area contributed by atoms with Crippen LogP contribution in [0.1, 0.15) is 24.1 Å². The number of carbonyl (C=O) groups is 1. The molecule has 1 saturated heterocycles. The summed E-state index contributed by atoms with van der Waals surface area (Å²) in [6.07, 6.45) is 4.90. The Morgan fingerprint density at radius 1 is 1.19 bits per heavy atom. The number of hydrogen-bond donors (Lipinski definition) is 2. The van der Waals surface area contributed by atoms with E-state index in [9.17, 15) is 9.59 Å². The minimum atomic E-state index is -0.162. The summed E-state index contributed by atoms with van der Waals surface area (Å²) < 4.78 is 0. The van der Waals surface area contributed by atoms with Crippen LogP contribution in [-0.4, -0.2) is 38.9 Å². The summed E-state index contributed by atoms with van der Waals surface area (Å²) >= 11 is 5.85. The number of anilines is 2. The lowest BCUT2D eigenvalue weighted by Crippen LogP contribution is -2.41. The van der Waals surface area contributed by atoms with E-state index in [0.29, 0.717) is 34.5 Å². The molecule has 4 rings (SSSR count). The molecule has 1 aliphatic heterocycles. The minimum Gasteiger partial charge on any atom is -0.356 e. The summed E-state index contributed by atoms with van der Waals surface area (Å²) in [6.45, 7) is 4.96. The van der Waals surface area contributed by atoms with Gasteiger partial charge in [0, 0.05) is 42.3 Å². The Labute approximate surface area is 184 Å². The van der Waals surface area contributed by atoms with Gasteiger partial charge in [-0.05, 0) is 51.0 Å². The molecule has 0 spiro atoms. The number of nitrogens with one attached hydrogen (secondary N) is 2. The zero-order chi connectivity index (χ0) is 22.0. The van der Waals surface area contributed by atoms with Crippen LogP contribution < -0.4 is 15.8 Å². The lowest BCUT2D eigenvalue weighted by Gasteiger charge is -2.32. The third-order valence-corrected chi connectivity index (χ3v) is 5.73. The van der Waals surface area contributed by atoms with E-state index in [2.05, 4.69) is 30.2 Å². The molecule has 2 N–H and O–H groups in total. The number of carbonyl (C=O) groups excluding carboxylic acids is 1. The fraction of sp³-hybridized carbons (Fsp3) is 0.318. The normalized spacial score (nSPS) is 16.2. The first kappa shape index (κ1) is 21.0. The molecule has 1 aliphatic rings. The standard InChI is InChI=1S/C22H23ClN6O2/c1-13-14(2)26-20(28-21(13)30)15-5-8-19(25-10-15)29-9-3-4-16(12-29)22(31)27-18-7-6-17(23)11-24-18/h5-8,10-11,16H,3-4,9,12H2,1-2H3,(H,24,27,31)(H,26,28,30). The maximum Gasteiger partial charge on any atom is 0.254 e. The van der Waals surface area contributed by atoms with E-state index >= 15 is 0 Å². The van der Waals surface area contributed by atoms with Gasteiger partial charge in [-0.1, -0.05) is 11.6 Å². The first-order valence-corrected chi connectivity index (χ1v) is 10.5. The van der Waals surface area contributed by atoms with Crippen molar-refractivity contribution in [2.24, 2.45) is 5.92 Å². The third kappa shape index (κ3) is 4.74. The van der Waals surface area contributed by atoms with Crippen molar-refractivity contribution in [1.29, 1.82) is 0 Å². The Morgan fingerprint density at radius 2 is 2.03 bits per heavy atom. The highest BCUT2D eigenvalue weighted by Gasteiger charge is 2.27. The Kier molecular flexibility index (Phi) is 5.99. The van der Waals surface area contributed by atoms with Gasteiger partial charge in [0.1, 0.15) is 17.5 Å². The van der Waals surface area contributed by atoms with Crippen molar-refractivity contribution < 1.29 is 4.79 Å². The number of aromatic nitrogens is 4. The molecule has 3 aromatic heterocycles. The molecule has 1 amide bonds. The Morgan fingerprint density at radius 3 is 2.71 bits per heavy atom. The van der Waals surface area contributed by atoms with E-state index in [-0.39, 0.29) is 17.4 Å². The van der Waals surface area contributed by atoms with Crippen molar-refractivity contribution in [1.82, 2.24) is 19.9 Å². The molecule has 3 aromatic rings. The predicted octanol–water partition coefficient (Wildman–Crippen LogP) is 3.35. The maximum absolute atomic E-state index is 12.7. The number of aromatic amines is 1. The van der Waals surface area contributed by atoms with Crippen LogP contribution in [0.4, 0.5) is 11.6 Å². The van der Waals surface area contributed by atoms with Gasteiger partial charge in [0.2, 0.25) is 5.91 Å². The summed E-state index contributed by atoms with van der Waals surface area (Å²) in [5, 5.41) is 3.38. The number of aryl methyl sites for hydroxylation is 1. The molecule has 1 fully saturated rings. The largest absolute Gasteiger partial charge is 0.356 e. The predicted molar refractivity (Wildman–Crippen MR) is 120 cm³/mol. The molecule has 0 aliphatic carbocycles. The molecule has 4 heterocycles. The number of H-pyrrole nitrogens is 1. The van der Waals surface area contributed by atoms with Crippen LogP contribution >= 0.6 is 11.6 Å². The molecule has 1 atom stereocenters.